The lowest BCUT2D eigenvalue weighted by atomic mass is 10.0. The molecule has 0 aromatic heterocycles. The van der Waals surface area contributed by atoms with Crippen molar-refractivity contribution in [2.45, 2.75) is 25.5 Å². The Morgan fingerprint density at radius 2 is 2.21 bits per heavy atom. The van der Waals surface area contributed by atoms with Gasteiger partial charge in [0.25, 0.3) is 0 Å². The summed E-state index contributed by atoms with van der Waals surface area (Å²) in [7, 11) is 1.60. The highest BCUT2D eigenvalue weighted by molar-refractivity contribution is 5.30. The Morgan fingerprint density at radius 1 is 1.50 bits per heavy atom. The van der Waals surface area contributed by atoms with E-state index >= 15 is 0 Å². The summed E-state index contributed by atoms with van der Waals surface area (Å²) in [6, 6.07) is 7.12. The summed E-state index contributed by atoms with van der Waals surface area (Å²) in [5, 5.41) is 9.83. The Morgan fingerprint density at radius 3 is 2.79 bits per heavy atom. The quantitative estimate of drug-likeness (QED) is 0.764. The molecule has 14 heavy (non-hydrogen) atoms. The van der Waals surface area contributed by atoms with Gasteiger partial charge >= 0.3 is 0 Å². The average Bonchev–Trinajstić information content (AvgIpc) is 2.27. The second kappa shape index (κ2) is 4.98. The van der Waals surface area contributed by atoms with Crippen molar-refractivity contribution in [3.8, 4) is 5.75 Å². The molecular formula is C11H17NO2. The molecule has 1 aromatic rings. The maximum atomic E-state index is 9.83. The second-order valence-electron chi connectivity index (χ2n) is 3.29. The van der Waals surface area contributed by atoms with Gasteiger partial charge in [0.2, 0.25) is 0 Å². The lowest BCUT2D eigenvalue weighted by Gasteiger charge is -2.17. The standard InChI is InChI=1S/C11H17NO2/c1-3-10(12)11(13)8-5-4-6-9(7-8)14-2/h4-7,10-11,13H,3,12H2,1-2H3. The molecule has 3 N–H and O–H groups in total. The third-order valence-electron chi connectivity index (χ3n) is 2.31. The number of hydrogen-bond donors (Lipinski definition) is 2. The van der Waals surface area contributed by atoms with Crippen molar-refractivity contribution < 1.29 is 9.84 Å². The molecule has 0 amide bonds. The molecule has 0 aliphatic heterocycles. The first-order valence-corrected chi connectivity index (χ1v) is 4.76. The fraction of sp³-hybridized carbons (Fsp3) is 0.455. The molecule has 0 saturated heterocycles. The lowest BCUT2D eigenvalue weighted by molar-refractivity contribution is 0.144. The van der Waals surface area contributed by atoms with Crippen LogP contribution >= 0.6 is 0 Å². The fourth-order valence-electron chi connectivity index (χ4n) is 1.30. The van der Waals surface area contributed by atoms with Gasteiger partial charge in [0.05, 0.1) is 13.2 Å². The summed E-state index contributed by atoms with van der Waals surface area (Å²) in [6.45, 7) is 1.95. The lowest BCUT2D eigenvalue weighted by Crippen LogP contribution is -2.27. The van der Waals surface area contributed by atoms with E-state index in [2.05, 4.69) is 0 Å². The van der Waals surface area contributed by atoms with Crippen molar-refractivity contribution in [3.63, 3.8) is 0 Å². The Bertz CT molecular complexity index is 288. The van der Waals surface area contributed by atoms with Crippen LogP contribution < -0.4 is 10.5 Å². The Labute approximate surface area is 84.5 Å². The van der Waals surface area contributed by atoms with Gasteiger partial charge in [-0.05, 0) is 24.1 Å². The van der Waals surface area contributed by atoms with Gasteiger partial charge in [-0.3, -0.25) is 0 Å². The largest absolute Gasteiger partial charge is 0.497 e. The molecule has 2 atom stereocenters. The minimum absolute atomic E-state index is 0.220. The number of aliphatic hydroxyl groups excluding tert-OH is 1. The smallest absolute Gasteiger partial charge is 0.119 e. The predicted octanol–water partition coefficient (Wildman–Crippen LogP) is 1.47. The van der Waals surface area contributed by atoms with Gasteiger partial charge in [0.15, 0.2) is 0 Å². The van der Waals surface area contributed by atoms with E-state index in [-0.39, 0.29) is 6.04 Å². The van der Waals surface area contributed by atoms with Crippen LogP contribution in [0.25, 0.3) is 0 Å². The summed E-state index contributed by atoms with van der Waals surface area (Å²) in [4.78, 5) is 0. The van der Waals surface area contributed by atoms with Crippen LogP contribution in [0.1, 0.15) is 25.0 Å². The van der Waals surface area contributed by atoms with Crippen LogP contribution in [0, 0.1) is 0 Å². The number of ether oxygens (including phenoxy) is 1. The molecule has 3 heteroatoms. The minimum Gasteiger partial charge on any atom is -0.497 e. The van der Waals surface area contributed by atoms with Gasteiger partial charge in [0, 0.05) is 6.04 Å². The molecule has 0 radical (unpaired) electrons. The highest BCUT2D eigenvalue weighted by Crippen LogP contribution is 2.21. The number of hydrogen-bond acceptors (Lipinski definition) is 3. The Hall–Kier alpha value is -1.06. The molecule has 3 nitrogen and oxygen atoms in total. The van der Waals surface area contributed by atoms with Crippen LogP contribution in [-0.4, -0.2) is 18.3 Å². The molecule has 1 rings (SSSR count). The van der Waals surface area contributed by atoms with Crippen molar-refractivity contribution in [3.05, 3.63) is 29.8 Å². The van der Waals surface area contributed by atoms with Crippen molar-refractivity contribution >= 4 is 0 Å². The van der Waals surface area contributed by atoms with E-state index in [1.54, 1.807) is 13.2 Å². The van der Waals surface area contributed by atoms with Crippen molar-refractivity contribution in [2.75, 3.05) is 7.11 Å². The van der Waals surface area contributed by atoms with E-state index in [0.717, 1.165) is 17.7 Å². The van der Waals surface area contributed by atoms with Gasteiger partial charge in [-0.1, -0.05) is 19.1 Å². The molecule has 2 unspecified atom stereocenters. The van der Waals surface area contributed by atoms with E-state index in [9.17, 15) is 5.11 Å². The normalized spacial score (nSPS) is 14.9. The predicted molar refractivity (Wildman–Crippen MR) is 56.2 cm³/mol. The number of nitrogens with two attached hydrogens (primary N) is 1. The second-order valence-corrected chi connectivity index (χ2v) is 3.29. The number of benzene rings is 1. The van der Waals surface area contributed by atoms with Crippen LogP contribution in [0.4, 0.5) is 0 Å². The van der Waals surface area contributed by atoms with Gasteiger partial charge in [-0.25, -0.2) is 0 Å². The summed E-state index contributed by atoms with van der Waals surface area (Å²) >= 11 is 0. The topological polar surface area (TPSA) is 55.5 Å². The van der Waals surface area contributed by atoms with Gasteiger partial charge in [0.1, 0.15) is 5.75 Å². The maximum absolute atomic E-state index is 9.83. The number of methoxy groups -OCH3 is 1. The molecular weight excluding hydrogens is 178 g/mol. The highest BCUT2D eigenvalue weighted by atomic mass is 16.5. The first kappa shape index (κ1) is 11.0. The molecule has 1 aromatic carbocycles. The summed E-state index contributed by atoms with van der Waals surface area (Å²) < 4.78 is 5.07. The number of aliphatic hydroxyl groups is 1. The van der Waals surface area contributed by atoms with Crippen LogP contribution in [0.5, 0.6) is 5.75 Å². The van der Waals surface area contributed by atoms with E-state index in [1.165, 1.54) is 0 Å². The van der Waals surface area contributed by atoms with Crippen molar-refractivity contribution in [1.82, 2.24) is 0 Å². The van der Waals surface area contributed by atoms with Gasteiger partial charge in [-0.2, -0.15) is 0 Å². The molecule has 0 aliphatic rings. The zero-order valence-electron chi connectivity index (χ0n) is 8.60. The van der Waals surface area contributed by atoms with Crippen molar-refractivity contribution in [1.29, 1.82) is 0 Å². The third kappa shape index (κ3) is 2.47. The van der Waals surface area contributed by atoms with E-state index in [1.807, 2.05) is 25.1 Å². The SMILES string of the molecule is CCC(N)C(O)c1cccc(OC)c1. The van der Waals surface area contributed by atoms with Crippen LogP contribution in [0.15, 0.2) is 24.3 Å². The first-order valence-electron chi connectivity index (χ1n) is 4.76. The molecule has 0 heterocycles. The van der Waals surface area contributed by atoms with Gasteiger partial charge in [-0.15, -0.1) is 0 Å². The Kier molecular flexibility index (Phi) is 3.92. The minimum atomic E-state index is -0.616. The molecule has 0 spiro atoms. The molecule has 0 fully saturated rings. The van der Waals surface area contributed by atoms with Crippen LogP contribution in [0.3, 0.4) is 0 Å². The number of rotatable bonds is 4. The Balaban J connectivity index is 2.83. The fourth-order valence-corrected chi connectivity index (χ4v) is 1.30. The zero-order valence-corrected chi connectivity index (χ0v) is 8.60. The zero-order chi connectivity index (χ0) is 10.6. The monoisotopic (exact) mass is 195 g/mol. The average molecular weight is 195 g/mol. The van der Waals surface area contributed by atoms with E-state index < -0.39 is 6.10 Å². The molecule has 0 aliphatic carbocycles. The van der Waals surface area contributed by atoms with Crippen LogP contribution in [0.2, 0.25) is 0 Å². The molecule has 78 valence electrons. The van der Waals surface area contributed by atoms with Crippen molar-refractivity contribution in [2.24, 2.45) is 5.73 Å². The molecule has 0 saturated carbocycles. The maximum Gasteiger partial charge on any atom is 0.119 e. The summed E-state index contributed by atoms with van der Waals surface area (Å²) in [6.07, 6.45) is 0.133. The highest BCUT2D eigenvalue weighted by Gasteiger charge is 2.15. The van der Waals surface area contributed by atoms with Gasteiger partial charge < -0.3 is 15.6 Å². The van der Waals surface area contributed by atoms with E-state index in [4.69, 9.17) is 10.5 Å². The third-order valence-corrected chi connectivity index (χ3v) is 2.31. The summed E-state index contributed by atoms with van der Waals surface area (Å²) in [5.41, 5.74) is 6.55. The van der Waals surface area contributed by atoms with E-state index in [0.29, 0.717) is 0 Å². The summed E-state index contributed by atoms with van der Waals surface area (Å²) in [5.74, 6) is 0.741. The first-order chi connectivity index (χ1) is 6.69. The molecule has 0 bridgehead atoms. The van der Waals surface area contributed by atoms with Crippen LogP contribution in [-0.2, 0) is 0 Å².